The van der Waals surface area contributed by atoms with Crippen molar-refractivity contribution in [3.05, 3.63) is 11.9 Å². The highest BCUT2D eigenvalue weighted by molar-refractivity contribution is 5.28. The molecule has 1 unspecified atom stereocenters. The minimum Gasteiger partial charge on any atom is -0.383 e. The monoisotopic (exact) mass is 280 g/mol. The molecule has 0 spiro atoms. The van der Waals surface area contributed by atoms with Gasteiger partial charge in [0.1, 0.15) is 0 Å². The van der Waals surface area contributed by atoms with Crippen molar-refractivity contribution in [1.29, 1.82) is 0 Å². The van der Waals surface area contributed by atoms with Crippen LogP contribution in [0.4, 0.5) is 5.95 Å². The smallest absolute Gasteiger partial charge is 0.203 e. The van der Waals surface area contributed by atoms with Crippen molar-refractivity contribution in [1.82, 2.24) is 14.5 Å². The normalized spacial score (nSPS) is 17.6. The second-order valence-electron chi connectivity index (χ2n) is 5.89. The highest BCUT2D eigenvalue weighted by Gasteiger charge is 2.16. The van der Waals surface area contributed by atoms with Crippen LogP contribution in [0.2, 0.25) is 0 Å². The van der Waals surface area contributed by atoms with Gasteiger partial charge in [-0.3, -0.25) is 0 Å². The van der Waals surface area contributed by atoms with E-state index in [4.69, 9.17) is 4.74 Å². The first kappa shape index (κ1) is 15.3. The van der Waals surface area contributed by atoms with E-state index in [9.17, 15) is 0 Å². The van der Waals surface area contributed by atoms with E-state index in [2.05, 4.69) is 32.9 Å². The summed E-state index contributed by atoms with van der Waals surface area (Å²) >= 11 is 0. The topological polar surface area (TPSA) is 42.3 Å². The zero-order valence-corrected chi connectivity index (χ0v) is 13.1. The molecule has 0 aromatic carbocycles. The first-order chi connectivity index (χ1) is 9.69. The molecule has 1 aromatic rings. The van der Waals surface area contributed by atoms with Crippen molar-refractivity contribution in [3.63, 3.8) is 0 Å². The lowest BCUT2D eigenvalue weighted by molar-refractivity contribution is 0.210. The summed E-state index contributed by atoms with van der Waals surface area (Å²) in [5, 5.41) is 3.35. The number of imidazole rings is 1. The summed E-state index contributed by atoms with van der Waals surface area (Å²) in [4.78, 5) is 7.13. The van der Waals surface area contributed by atoms with E-state index < -0.39 is 0 Å². The Bertz CT molecular complexity index is 399. The molecule has 1 aliphatic heterocycles. The fourth-order valence-electron chi connectivity index (χ4n) is 2.89. The Morgan fingerprint density at radius 3 is 2.80 bits per heavy atom. The third kappa shape index (κ3) is 4.49. The van der Waals surface area contributed by atoms with E-state index in [0.29, 0.717) is 12.5 Å². The number of likely N-dealkylation sites (tertiary alicyclic amines) is 1. The molecule has 1 saturated heterocycles. The summed E-state index contributed by atoms with van der Waals surface area (Å²) in [5.41, 5.74) is 1.07. The molecule has 114 valence electrons. The number of ether oxygens (including phenoxy) is 1. The van der Waals surface area contributed by atoms with Crippen LogP contribution in [-0.4, -0.2) is 54.3 Å². The number of hydrogen-bond donors (Lipinski definition) is 1. The van der Waals surface area contributed by atoms with Crippen molar-refractivity contribution >= 4 is 5.95 Å². The molecular weight excluding hydrogens is 252 g/mol. The Kier molecular flexibility index (Phi) is 5.86. The van der Waals surface area contributed by atoms with Gasteiger partial charge in [-0.05, 0) is 38.8 Å². The molecule has 2 rings (SSSR count). The molecule has 1 atom stereocenters. The van der Waals surface area contributed by atoms with E-state index in [1.165, 1.54) is 32.5 Å². The van der Waals surface area contributed by atoms with Gasteiger partial charge in [0.05, 0.1) is 12.3 Å². The molecule has 20 heavy (non-hydrogen) atoms. The summed E-state index contributed by atoms with van der Waals surface area (Å²) in [6.45, 7) is 10.6. The predicted octanol–water partition coefficient (Wildman–Crippen LogP) is 1.98. The molecule has 5 heteroatoms. The maximum Gasteiger partial charge on any atom is 0.203 e. The van der Waals surface area contributed by atoms with Gasteiger partial charge in [-0.2, -0.15) is 0 Å². The number of aromatic nitrogens is 2. The van der Waals surface area contributed by atoms with Crippen LogP contribution in [0.1, 0.15) is 25.5 Å². The minimum atomic E-state index is 0.643. The molecule has 0 aliphatic carbocycles. The lowest BCUT2D eigenvalue weighted by atomic mass is 10.1. The minimum absolute atomic E-state index is 0.643. The van der Waals surface area contributed by atoms with Crippen molar-refractivity contribution in [2.45, 2.75) is 33.2 Å². The first-order valence-corrected chi connectivity index (χ1v) is 7.68. The molecule has 2 heterocycles. The van der Waals surface area contributed by atoms with Crippen molar-refractivity contribution in [2.75, 3.05) is 45.2 Å². The molecule has 0 saturated carbocycles. The Balaban J connectivity index is 1.86. The van der Waals surface area contributed by atoms with Crippen LogP contribution in [0.25, 0.3) is 0 Å². The van der Waals surface area contributed by atoms with Crippen LogP contribution in [0, 0.1) is 12.8 Å². The largest absolute Gasteiger partial charge is 0.383 e. The van der Waals surface area contributed by atoms with E-state index in [-0.39, 0.29) is 0 Å². The van der Waals surface area contributed by atoms with Crippen molar-refractivity contribution in [3.8, 4) is 0 Å². The van der Waals surface area contributed by atoms with E-state index in [1.807, 2.05) is 6.92 Å². The van der Waals surface area contributed by atoms with Gasteiger partial charge < -0.3 is 19.5 Å². The van der Waals surface area contributed by atoms with E-state index >= 15 is 0 Å². The fourth-order valence-corrected chi connectivity index (χ4v) is 2.89. The lowest BCUT2D eigenvalue weighted by Gasteiger charge is -2.21. The van der Waals surface area contributed by atoms with E-state index in [0.717, 1.165) is 24.7 Å². The molecule has 0 bridgehead atoms. The number of hydrogen-bond acceptors (Lipinski definition) is 4. The van der Waals surface area contributed by atoms with Gasteiger partial charge >= 0.3 is 0 Å². The second-order valence-corrected chi connectivity index (χ2v) is 5.89. The van der Waals surface area contributed by atoms with Crippen molar-refractivity contribution in [2.24, 2.45) is 5.92 Å². The molecule has 1 fully saturated rings. The Morgan fingerprint density at radius 2 is 2.10 bits per heavy atom. The third-order valence-corrected chi connectivity index (χ3v) is 3.76. The molecular formula is C15H28N4O. The Labute approximate surface area is 122 Å². The summed E-state index contributed by atoms with van der Waals surface area (Å²) < 4.78 is 7.32. The van der Waals surface area contributed by atoms with Gasteiger partial charge in [0.15, 0.2) is 0 Å². The number of anilines is 1. The average Bonchev–Trinajstić information content (AvgIpc) is 3.00. The zero-order valence-electron chi connectivity index (χ0n) is 13.1. The SMILES string of the molecule is COCCNc1nc(C)cn1CC(C)CN1CCCC1. The predicted molar refractivity (Wildman–Crippen MR) is 82.2 cm³/mol. The van der Waals surface area contributed by atoms with Gasteiger partial charge in [0.25, 0.3) is 0 Å². The molecule has 1 N–H and O–H groups in total. The number of nitrogens with zero attached hydrogens (tertiary/aromatic N) is 3. The standard InChI is InChI=1S/C15H28N4O/c1-13(10-18-7-4-5-8-18)11-19-12-14(2)17-15(19)16-6-9-20-3/h12-13H,4-11H2,1-3H3,(H,16,17). The Hall–Kier alpha value is -1.07. The maximum atomic E-state index is 5.07. The quantitative estimate of drug-likeness (QED) is 0.739. The number of nitrogens with one attached hydrogen (secondary N) is 1. The molecule has 1 aliphatic rings. The maximum absolute atomic E-state index is 5.07. The van der Waals surface area contributed by atoms with Gasteiger partial charge in [-0.1, -0.05) is 6.92 Å². The molecule has 5 nitrogen and oxygen atoms in total. The fraction of sp³-hybridized carbons (Fsp3) is 0.800. The summed E-state index contributed by atoms with van der Waals surface area (Å²) in [6, 6.07) is 0. The van der Waals surface area contributed by atoms with Gasteiger partial charge in [0, 0.05) is 32.9 Å². The number of aryl methyl sites for hydroxylation is 1. The van der Waals surface area contributed by atoms with Crippen LogP contribution in [0.3, 0.4) is 0 Å². The first-order valence-electron chi connectivity index (χ1n) is 7.68. The molecule has 0 amide bonds. The summed E-state index contributed by atoms with van der Waals surface area (Å²) in [6.07, 6.45) is 4.86. The van der Waals surface area contributed by atoms with Crippen LogP contribution in [-0.2, 0) is 11.3 Å². The summed E-state index contributed by atoms with van der Waals surface area (Å²) in [7, 11) is 1.72. The Morgan fingerprint density at radius 1 is 1.35 bits per heavy atom. The average molecular weight is 280 g/mol. The van der Waals surface area contributed by atoms with Crippen molar-refractivity contribution < 1.29 is 4.74 Å². The summed E-state index contributed by atoms with van der Waals surface area (Å²) in [5.74, 6) is 1.61. The zero-order chi connectivity index (χ0) is 14.4. The van der Waals surface area contributed by atoms with Crippen LogP contribution >= 0.6 is 0 Å². The highest BCUT2D eigenvalue weighted by Crippen LogP contribution is 2.15. The number of methoxy groups -OCH3 is 1. The van der Waals surface area contributed by atoms with Crippen LogP contribution in [0.15, 0.2) is 6.20 Å². The highest BCUT2D eigenvalue weighted by atomic mass is 16.5. The van der Waals surface area contributed by atoms with Crippen LogP contribution in [0.5, 0.6) is 0 Å². The number of rotatable bonds is 8. The van der Waals surface area contributed by atoms with Gasteiger partial charge in [-0.15, -0.1) is 0 Å². The van der Waals surface area contributed by atoms with Gasteiger partial charge in [-0.25, -0.2) is 4.98 Å². The molecule has 0 radical (unpaired) electrons. The van der Waals surface area contributed by atoms with Crippen LogP contribution < -0.4 is 5.32 Å². The van der Waals surface area contributed by atoms with Gasteiger partial charge in [0.2, 0.25) is 5.95 Å². The third-order valence-electron chi connectivity index (χ3n) is 3.76. The second kappa shape index (κ2) is 7.64. The lowest BCUT2D eigenvalue weighted by Crippen LogP contribution is -2.27. The van der Waals surface area contributed by atoms with E-state index in [1.54, 1.807) is 7.11 Å². The molecule has 1 aromatic heterocycles.